The maximum atomic E-state index is 13.0. The first kappa shape index (κ1) is 9.71. The fraction of sp³-hybridized carbons (Fsp3) is 0.300. The molecule has 2 nitrogen and oxygen atoms in total. The van der Waals surface area contributed by atoms with E-state index in [1.54, 1.807) is 12.1 Å². The molecule has 0 saturated heterocycles. The summed E-state index contributed by atoms with van der Waals surface area (Å²) in [6, 6.07) is 5.96. The predicted octanol–water partition coefficient (Wildman–Crippen LogP) is 1.97. The smallest absolute Gasteiger partial charge is 0.254 e. The van der Waals surface area contributed by atoms with Crippen molar-refractivity contribution in [3.05, 3.63) is 35.6 Å². The van der Waals surface area contributed by atoms with Crippen molar-refractivity contribution in [2.75, 3.05) is 6.54 Å². The van der Waals surface area contributed by atoms with Gasteiger partial charge in [0, 0.05) is 6.54 Å². The van der Waals surface area contributed by atoms with Gasteiger partial charge in [0.05, 0.1) is 5.56 Å². The third kappa shape index (κ3) is 2.54. The van der Waals surface area contributed by atoms with E-state index >= 15 is 0 Å². The minimum Gasteiger partial charge on any atom is -0.352 e. The number of halogens is 1. The summed E-state index contributed by atoms with van der Waals surface area (Å²) in [7, 11) is 0. The molecule has 3 heteroatoms. The Labute approximate surface area is 76.8 Å². The largest absolute Gasteiger partial charge is 0.352 e. The Morgan fingerprint density at radius 2 is 2.15 bits per heavy atom. The molecule has 13 heavy (non-hydrogen) atoms. The number of benzene rings is 1. The number of amides is 1. The molecule has 1 amide bonds. The van der Waals surface area contributed by atoms with Crippen LogP contribution in [0.5, 0.6) is 0 Å². The molecule has 0 fully saturated rings. The number of hydrogen-bond acceptors (Lipinski definition) is 1. The van der Waals surface area contributed by atoms with Crippen molar-refractivity contribution in [2.24, 2.45) is 0 Å². The topological polar surface area (TPSA) is 29.1 Å². The molecule has 0 aliphatic rings. The summed E-state index contributed by atoms with van der Waals surface area (Å²) in [5.74, 6) is -0.823. The summed E-state index contributed by atoms with van der Waals surface area (Å²) in [6.07, 6.45) is 0.847. The predicted molar refractivity (Wildman–Crippen MR) is 49.0 cm³/mol. The maximum absolute atomic E-state index is 13.0. The van der Waals surface area contributed by atoms with Gasteiger partial charge in [-0.2, -0.15) is 0 Å². The summed E-state index contributed by atoms with van der Waals surface area (Å²) >= 11 is 0. The van der Waals surface area contributed by atoms with Crippen LogP contribution in [0, 0.1) is 5.82 Å². The van der Waals surface area contributed by atoms with Crippen LogP contribution in [0.4, 0.5) is 4.39 Å². The fourth-order valence-electron chi connectivity index (χ4n) is 0.979. The lowest BCUT2D eigenvalue weighted by atomic mass is 10.2. The van der Waals surface area contributed by atoms with E-state index in [9.17, 15) is 9.18 Å². The molecule has 1 aromatic carbocycles. The molecule has 0 radical (unpaired) electrons. The Bertz CT molecular complexity index is 299. The molecule has 0 unspecified atom stereocenters. The second-order valence-electron chi connectivity index (χ2n) is 2.74. The molecule has 0 saturated carbocycles. The second kappa shape index (κ2) is 4.60. The van der Waals surface area contributed by atoms with E-state index in [2.05, 4.69) is 5.32 Å². The molecule has 0 aromatic heterocycles. The van der Waals surface area contributed by atoms with Crippen molar-refractivity contribution in [2.45, 2.75) is 13.3 Å². The average Bonchev–Trinajstić information content (AvgIpc) is 2.15. The minimum atomic E-state index is -0.476. The van der Waals surface area contributed by atoms with Crippen molar-refractivity contribution in [1.29, 1.82) is 0 Å². The zero-order chi connectivity index (χ0) is 9.68. The van der Waals surface area contributed by atoms with E-state index < -0.39 is 5.82 Å². The van der Waals surface area contributed by atoms with Crippen molar-refractivity contribution >= 4 is 5.91 Å². The molecule has 0 heterocycles. The van der Waals surface area contributed by atoms with Crippen LogP contribution in [0.1, 0.15) is 23.7 Å². The molecule has 0 spiro atoms. The first-order valence-electron chi connectivity index (χ1n) is 4.28. The summed E-state index contributed by atoms with van der Waals surface area (Å²) < 4.78 is 13.0. The highest BCUT2D eigenvalue weighted by atomic mass is 19.1. The van der Waals surface area contributed by atoms with Crippen LogP contribution < -0.4 is 5.32 Å². The Morgan fingerprint density at radius 1 is 1.46 bits per heavy atom. The molecule has 1 aromatic rings. The molecule has 1 N–H and O–H groups in total. The lowest BCUT2D eigenvalue weighted by Gasteiger charge is -2.03. The SMILES string of the molecule is CCCNC(=O)c1ccccc1F. The average molecular weight is 181 g/mol. The van der Waals surface area contributed by atoms with Crippen LogP contribution in [-0.2, 0) is 0 Å². The van der Waals surface area contributed by atoms with Crippen molar-refractivity contribution in [3.63, 3.8) is 0 Å². The zero-order valence-electron chi connectivity index (χ0n) is 7.51. The highest BCUT2D eigenvalue weighted by Crippen LogP contribution is 2.05. The Kier molecular flexibility index (Phi) is 3.43. The summed E-state index contributed by atoms with van der Waals surface area (Å²) in [6.45, 7) is 2.52. The lowest BCUT2D eigenvalue weighted by molar-refractivity contribution is 0.0949. The van der Waals surface area contributed by atoms with Gasteiger partial charge in [-0.05, 0) is 18.6 Å². The summed E-state index contributed by atoms with van der Waals surface area (Å²) in [5, 5.41) is 2.61. The normalized spacial score (nSPS) is 9.69. The lowest BCUT2D eigenvalue weighted by Crippen LogP contribution is -2.24. The van der Waals surface area contributed by atoms with Crippen molar-refractivity contribution in [1.82, 2.24) is 5.32 Å². The number of nitrogens with one attached hydrogen (secondary N) is 1. The Hall–Kier alpha value is -1.38. The molecule has 70 valence electrons. The molecular weight excluding hydrogens is 169 g/mol. The van der Waals surface area contributed by atoms with E-state index in [4.69, 9.17) is 0 Å². The van der Waals surface area contributed by atoms with Gasteiger partial charge in [-0.25, -0.2) is 4.39 Å². The summed E-state index contributed by atoms with van der Waals surface area (Å²) in [4.78, 5) is 11.3. The van der Waals surface area contributed by atoms with Gasteiger partial charge in [0.15, 0.2) is 0 Å². The number of carbonyl (C=O) groups excluding carboxylic acids is 1. The molecular formula is C10H12FNO. The van der Waals surface area contributed by atoms with Gasteiger partial charge in [-0.15, -0.1) is 0 Å². The number of carbonyl (C=O) groups is 1. The maximum Gasteiger partial charge on any atom is 0.254 e. The van der Waals surface area contributed by atoms with Crippen LogP contribution >= 0.6 is 0 Å². The van der Waals surface area contributed by atoms with Crippen molar-refractivity contribution < 1.29 is 9.18 Å². The fourth-order valence-corrected chi connectivity index (χ4v) is 0.979. The standard InChI is InChI=1S/C10H12FNO/c1-2-7-12-10(13)8-5-3-4-6-9(8)11/h3-6H,2,7H2,1H3,(H,12,13). The first-order valence-corrected chi connectivity index (χ1v) is 4.28. The van der Waals surface area contributed by atoms with Gasteiger partial charge < -0.3 is 5.32 Å². The van der Waals surface area contributed by atoms with E-state index in [-0.39, 0.29) is 11.5 Å². The second-order valence-corrected chi connectivity index (χ2v) is 2.74. The van der Waals surface area contributed by atoms with Gasteiger partial charge in [-0.3, -0.25) is 4.79 Å². The summed E-state index contributed by atoms with van der Waals surface area (Å²) in [5.41, 5.74) is 0.107. The van der Waals surface area contributed by atoms with Crippen LogP contribution in [0.2, 0.25) is 0 Å². The molecule has 0 atom stereocenters. The van der Waals surface area contributed by atoms with E-state index in [0.29, 0.717) is 6.54 Å². The van der Waals surface area contributed by atoms with E-state index in [0.717, 1.165) is 6.42 Å². The quantitative estimate of drug-likeness (QED) is 0.758. The van der Waals surface area contributed by atoms with Crippen LogP contribution in [0.15, 0.2) is 24.3 Å². The minimum absolute atomic E-state index is 0.107. The molecule has 0 aliphatic carbocycles. The van der Waals surface area contributed by atoms with Crippen LogP contribution in [0.3, 0.4) is 0 Å². The van der Waals surface area contributed by atoms with Gasteiger partial charge in [0.2, 0.25) is 0 Å². The van der Waals surface area contributed by atoms with Crippen LogP contribution in [-0.4, -0.2) is 12.5 Å². The van der Waals surface area contributed by atoms with E-state index in [1.807, 2.05) is 6.92 Å². The van der Waals surface area contributed by atoms with E-state index in [1.165, 1.54) is 12.1 Å². The third-order valence-corrected chi connectivity index (χ3v) is 1.65. The monoisotopic (exact) mass is 181 g/mol. The van der Waals surface area contributed by atoms with Crippen LogP contribution in [0.25, 0.3) is 0 Å². The number of rotatable bonds is 3. The molecule has 0 aliphatic heterocycles. The first-order chi connectivity index (χ1) is 6.25. The third-order valence-electron chi connectivity index (χ3n) is 1.65. The Morgan fingerprint density at radius 3 is 2.77 bits per heavy atom. The molecule has 0 bridgehead atoms. The zero-order valence-corrected chi connectivity index (χ0v) is 7.51. The van der Waals surface area contributed by atoms with Crippen molar-refractivity contribution in [3.8, 4) is 0 Å². The van der Waals surface area contributed by atoms with Gasteiger partial charge >= 0.3 is 0 Å². The highest BCUT2D eigenvalue weighted by Gasteiger charge is 2.08. The van der Waals surface area contributed by atoms with Gasteiger partial charge in [0.25, 0.3) is 5.91 Å². The highest BCUT2D eigenvalue weighted by molar-refractivity contribution is 5.94. The van der Waals surface area contributed by atoms with Gasteiger partial charge in [0.1, 0.15) is 5.82 Å². The molecule has 1 rings (SSSR count). The Balaban J connectivity index is 2.71. The van der Waals surface area contributed by atoms with Gasteiger partial charge in [-0.1, -0.05) is 19.1 Å². The number of hydrogen-bond donors (Lipinski definition) is 1.